The number of hydrogen-bond donors (Lipinski definition) is 2. The molecule has 1 unspecified atom stereocenters. The Morgan fingerprint density at radius 1 is 1.42 bits per heavy atom. The van der Waals surface area contributed by atoms with E-state index in [1.165, 1.54) is 12.8 Å². The fraction of sp³-hybridized carbons (Fsp3) is 0.533. The summed E-state index contributed by atoms with van der Waals surface area (Å²) in [6.45, 7) is 3.67. The van der Waals surface area contributed by atoms with Crippen LogP contribution in [0.1, 0.15) is 38.2 Å². The molecule has 0 heterocycles. The molecule has 1 amide bonds. The van der Waals surface area contributed by atoms with Gasteiger partial charge in [0.05, 0.1) is 0 Å². The molecule has 1 aliphatic rings. The van der Waals surface area contributed by atoms with Crippen molar-refractivity contribution in [2.45, 2.75) is 51.7 Å². The second-order valence-corrected chi connectivity index (χ2v) is 5.22. The van der Waals surface area contributed by atoms with E-state index < -0.39 is 6.10 Å². The van der Waals surface area contributed by atoms with Crippen molar-refractivity contribution in [1.29, 1.82) is 0 Å². The molecule has 0 saturated heterocycles. The van der Waals surface area contributed by atoms with Crippen LogP contribution >= 0.6 is 0 Å². The molecule has 19 heavy (non-hydrogen) atoms. The van der Waals surface area contributed by atoms with Crippen molar-refractivity contribution < 1.29 is 9.53 Å². The van der Waals surface area contributed by atoms with Crippen LogP contribution in [0.15, 0.2) is 18.2 Å². The number of nitrogens with one attached hydrogen (secondary N) is 1. The van der Waals surface area contributed by atoms with E-state index in [-0.39, 0.29) is 5.91 Å². The predicted octanol–water partition coefficient (Wildman–Crippen LogP) is 2.40. The molecule has 0 aliphatic heterocycles. The number of carbonyl (C=O) groups excluding carboxylic acids is 1. The Labute approximate surface area is 114 Å². The number of hydrogen-bond acceptors (Lipinski definition) is 3. The van der Waals surface area contributed by atoms with E-state index in [1.807, 2.05) is 25.1 Å². The van der Waals surface area contributed by atoms with Crippen LogP contribution in [0.3, 0.4) is 0 Å². The summed E-state index contributed by atoms with van der Waals surface area (Å²) in [6.07, 6.45) is 4.07. The van der Waals surface area contributed by atoms with E-state index in [4.69, 9.17) is 10.5 Å². The van der Waals surface area contributed by atoms with Gasteiger partial charge in [0.2, 0.25) is 0 Å². The molecule has 4 nitrogen and oxygen atoms in total. The SMILES string of the molecule is Cc1c(N)cccc1OC(C)C(=O)NC1CCCC1. The Balaban J connectivity index is 1.94. The monoisotopic (exact) mass is 262 g/mol. The highest BCUT2D eigenvalue weighted by atomic mass is 16.5. The van der Waals surface area contributed by atoms with Crippen molar-refractivity contribution in [3.63, 3.8) is 0 Å². The number of benzene rings is 1. The normalized spacial score (nSPS) is 17.2. The lowest BCUT2D eigenvalue weighted by Gasteiger charge is -2.19. The average Bonchev–Trinajstić information content (AvgIpc) is 2.87. The van der Waals surface area contributed by atoms with E-state index in [0.29, 0.717) is 17.5 Å². The van der Waals surface area contributed by atoms with Crippen LogP contribution in [-0.4, -0.2) is 18.1 Å². The van der Waals surface area contributed by atoms with Crippen LogP contribution in [0.4, 0.5) is 5.69 Å². The van der Waals surface area contributed by atoms with Crippen molar-refractivity contribution in [2.75, 3.05) is 5.73 Å². The first-order valence-corrected chi connectivity index (χ1v) is 6.90. The quantitative estimate of drug-likeness (QED) is 0.819. The van der Waals surface area contributed by atoms with Crippen LogP contribution < -0.4 is 15.8 Å². The van der Waals surface area contributed by atoms with Gasteiger partial charge in [0.15, 0.2) is 6.10 Å². The molecule has 3 N–H and O–H groups in total. The molecule has 1 fully saturated rings. The summed E-state index contributed by atoms with van der Waals surface area (Å²) in [4.78, 5) is 12.0. The first-order valence-electron chi connectivity index (χ1n) is 6.90. The molecule has 4 heteroatoms. The summed E-state index contributed by atoms with van der Waals surface area (Å²) in [6, 6.07) is 5.82. The second-order valence-electron chi connectivity index (χ2n) is 5.22. The zero-order valence-corrected chi connectivity index (χ0v) is 11.6. The maximum Gasteiger partial charge on any atom is 0.260 e. The summed E-state index contributed by atoms with van der Waals surface area (Å²) < 4.78 is 5.71. The molecule has 1 aliphatic carbocycles. The number of rotatable bonds is 4. The molecular weight excluding hydrogens is 240 g/mol. The summed E-state index contributed by atoms with van der Waals surface area (Å²) in [5.74, 6) is 0.628. The summed E-state index contributed by atoms with van der Waals surface area (Å²) in [7, 11) is 0. The van der Waals surface area contributed by atoms with Crippen LogP contribution in [0.25, 0.3) is 0 Å². The minimum atomic E-state index is -0.499. The molecule has 0 spiro atoms. The van der Waals surface area contributed by atoms with Crippen molar-refractivity contribution >= 4 is 11.6 Å². The average molecular weight is 262 g/mol. The maximum absolute atomic E-state index is 12.0. The van der Waals surface area contributed by atoms with Crippen LogP contribution in [-0.2, 0) is 4.79 Å². The third kappa shape index (κ3) is 3.40. The fourth-order valence-electron chi connectivity index (χ4n) is 2.39. The zero-order valence-electron chi connectivity index (χ0n) is 11.6. The van der Waals surface area contributed by atoms with E-state index in [9.17, 15) is 4.79 Å². The van der Waals surface area contributed by atoms with Gasteiger partial charge in [-0.15, -0.1) is 0 Å². The lowest BCUT2D eigenvalue weighted by molar-refractivity contribution is -0.127. The topological polar surface area (TPSA) is 64.3 Å². The highest BCUT2D eigenvalue weighted by molar-refractivity contribution is 5.81. The van der Waals surface area contributed by atoms with Crippen LogP contribution in [0, 0.1) is 6.92 Å². The molecule has 104 valence electrons. The Kier molecular flexibility index (Phi) is 4.30. The molecule has 1 aromatic carbocycles. The smallest absolute Gasteiger partial charge is 0.260 e. The van der Waals surface area contributed by atoms with E-state index in [1.54, 1.807) is 6.92 Å². The van der Waals surface area contributed by atoms with Gasteiger partial charge < -0.3 is 15.8 Å². The van der Waals surface area contributed by atoms with E-state index in [0.717, 1.165) is 18.4 Å². The molecule has 0 aromatic heterocycles. The van der Waals surface area contributed by atoms with Gasteiger partial charge in [-0.1, -0.05) is 18.9 Å². The van der Waals surface area contributed by atoms with Gasteiger partial charge >= 0.3 is 0 Å². The Bertz CT molecular complexity index is 453. The Morgan fingerprint density at radius 3 is 2.79 bits per heavy atom. The third-order valence-corrected chi connectivity index (χ3v) is 3.70. The largest absolute Gasteiger partial charge is 0.481 e. The van der Waals surface area contributed by atoms with E-state index >= 15 is 0 Å². The second kappa shape index (κ2) is 5.95. The van der Waals surface area contributed by atoms with Gasteiger partial charge in [-0.3, -0.25) is 4.79 Å². The minimum Gasteiger partial charge on any atom is -0.481 e. The van der Waals surface area contributed by atoms with Crippen molar-refractivity contribution in [3.05, 3.63) is 23.8 Å². The van der Waals surface area contributed by atoms with Gasteiger partial charge in [0.1, 0.15) is 5.75 Å². The highest BCUT2D eigenvalue weighted by Gasteiger charge is 2.22. The first-order chi connectivity index (χ1) is 9.08. The predicted molar refractivity (Wildman–Crippen MR) is 76.1 cm³/mol. The van der Waals surface area contributed by atoms with Gasteiger partial charge in [0, 0.05) is 17.3 Å². The van der Waals surface area contributed by atoms with Crippen LogP contribution in [0.2, 0.25) is 0 Å². The number of nitrogens with two attached hydrogens (primary N) is 1. The number of ether oxygens (including phenoxy) is 1. The molecule has 1 saturated carbocycles. The zero-order chi connectivity index (χ0) is 13.8. The Morgan fingerprint density at radius 2 is 2.11 bits per heavy atom. The Hall–Kier alpha value is -1.71. The highest BCUT2D eigenvalue weighted by Crippen LogP contribution is 2.24. The van der Waals surface area contributed by atoms with Gasteiger partial charge in [-0.05, 0) is 38.8 Å². The van der Waals surface area contributed by atoms with Crippen molar-refractivity contribution in [3.8, 4) is 5.75 Å². The first kappa shape index (κ1) is 13.7. The fourth-order valence-corrected chi connectivity index (χ4v) is 2.39. The molecular formula is C15H22N2O2. The minimum absolute atomic E-state index is 0.0475. The number of amides is 1. The van der Waals surface area contributed by atoms with E-state index in [2.05, 4.69) is 5.32 Å². The summed E-state index contributed by atoms with van der Waals surface area (Å²) in [5, 5.41) is 3.04. The van der Waals surface area contributed by atoms with Gasteiger partial charge in [-0.25, -0.2) is 0 Å². The lowest BCUT2D eigenvalue weighted by atomic mass is 10.2. The third-order valence-electron chi connectivity index (χ3n) is 3.70. The standard InChI is InChI=1S/C15H22N2O2/c1-10-13(16)8-5-9-14(10)19-11(2)15(18)17-12-6-3-4-7-12/h5,8-9,11-12H,3-4,6-7,16H2,1-2H3,(H,17,18). The van der Waals surface area contributed by atoms with Gasteiger partial charge in [-0.2, -0.15) is 0 Å². The number of anilines is 1. The number of nitrogen functional groups attached to an aromatic ring is 1. The molecule has 1 aromatic rings. The number of carbonyl (C=O) groups is 1. The van der Waals surface area contributed by atoms with Gasteiger partial charge in [0.25, 0.3) is 5.91 Å². The van der Waals surface area contributed by atoms with Crippen molar-refractivity contribution in [2.24, 2.45) is 0 Å². The summed E-state index contributed by atoms with van der Waals surface area (Å²) in [5.41, 5.74) is 7.38. The molecule has 2 rings (SSSR count). The summed E-state index contributed by atoms with van der Waals surface area (Å²) >= 11 is 0. The van der Waals surface area contributed by atoms with Crippen LogP contribution in [0.5, 0.6) is 5.75 Å². The van der Waals surface area contributed by atoms with Crippen molar-refractivity contribution in [1.82, 2.24) is 5.32 Å². The molecule has 1 atom stereocenters. The molecule has 0 bridgehead atoms. The maximum atomic E-state index is 12.0. The lowest BCUT2D eigenvalue weighted by Crippen LogP contribution is -2.41. The molecule has 0 radical (unpaired) electrons.